The van der Waals surface area contributed by atoms with Crippen LogP contribution in [0.15, 0.2) is 139 Å². The molecule has 0 bridgehead atoms. The van der Waals surface area contributed by atoms with Gasteiger partial charge in [0.25, 0.3) is 11.8 Å². The van der Waals surface area contributed by atoms with Crippen molar-refractivity contribution < 1.29 is 19.6 Å². The van der Waals surface area contributed by atoms with E-state index < -0.39 is 0 Å². The number of halogens is 1. The second kappa shape index (κ2) is 23.5. The van der Waals surface area contributed by atoms with Gasteiger partial charge in [0.1, 0.15) is 23.3 Å². The fourth-order valence-electron chi connectivity index (χ4n) is 5.30. The fraction of sp³-hybridized carbons (Fsp3) is 0.209. The summed E-state index contributed by atoms with van der Waals surface area (Å²) in [7, 11) is 6.86. The monoisotopic (exact) mass is 896 g/mol. The molecule has 7 rings (SSSR count). The predicted molar refractivity (Wildman–Crippen MR) is 239 cm³/mol. The molecule has 0 radical (unpaired) electrons. The molecule has 4 aromatic heterocycles. The predicted octanol–water partition coefficient (Wildman–Crippen LogP) is 8.26. The van der Waals surface area contributed by atoms with E-state index in [4.69, 9.17) is 10.0 Å². The Morgan fingerprint density at radius 1 is 0.845 bits per heavy atom. The number of alkyl halides is 1. The van der Waals surface area contributed by atoms with Gasteiger partial charge in [-0.25, -0.2) is 9.97 Å². The van der Waals surface area contributed by atoms with E-state index in [0.29, 0.717) is 35.1 Å². The van der Waals surface area contributed by atoms with E-state index in [1.54, 1.807) is 84.4 Å². The van der Waals surface area contributed by atoms with Gasteiger partial charge >= 0.3 is 0 Å². The van der Waals surface area contributed by atoms with Crippen molar-refractivity contribution in [3.8, 4) is 0 Å². The molecule has 0 fully saturated rings. The molecule has 2 aromatic carbocycles. The fourth-order valence-corrected chi connectivity index (χ4v) is 5.30. The minimum Gasteiger partial charge on any atom is -0.411 e. The molecule has 1 atom stereocenters. The average molecular weight is 897 g/mol. The lowest BCUT2D eigenvalue weighted by atomic mass is 10.0. The normalized spacial score (nSPS) is 12.4. The maximum atomic E-state index is 12.8. The van der Waals surface area contributed by atoms with Crippen LogP contribution in [-0.2, 0) is 18.9 Å². The van der Waals surface area contributed by atoms with E-state index in [1.807, 2.05) is 79.9 Å². The van der Waals surface area contributed by atoms with Gasteiger partial charge < -0.3 is 29.0 Å². The molecule has 14 nitrogen and oxygen atoms in total. The van der Waals surface area contributed by atoms with Gasteiger partial charge in [-0.1, -0.05) is 121 Å². The first-order valence-corrected chi connectivity index (χ1v) is 19.3. The minimum absolute atomic E-state index is 0. The zero-order valence-electron chi connectivity index (χ0n) is 32.4. The summed E-state index contributed by atoms with van der Waals surface area (Å²) in [5.41, 5.74) is 5.24. The number of nitrogens with zero attached hydrogens (tertiary/aromatic N) is 10. The molecule has 0 spiro atoms. The van der Waals surface area contributed by atoms with Gasteiger partial charge in [-0.2, -0.15) is 0 Å². The summed E-state index contributed by atoms with van der Waals surface area (Å²) in [6.45, 7) is 5.74. The number of pyridine rings is 2. The third-order valence-electron chi connectivity index (χ3n) is 8.43. The number of oxime groups is 2. The molecule has 2 amide bonds. The van der Waals surface area contributed by atoms with Crippen molar-refractivity contribution in [1.82, 2.24) is 29.1 Å². The second-order valence-corrected chi connectivity index (χ2v) is 13.6. The largest absolute Gasteiger partial charge is 0.411 e. The molecule has 1 aliphatic rings. The van der Waals surface area contributed by atoms with Crippen LogP contribution in [0.5, 0.6) is 0 Å². The van der Waals surface area contributed by atoms with Gasteiger partial charge in [0.15, 0.2) is 17.8 Å². The Balaban J connectivity index is 0.000000252. The average Bonchev–Trinajstić information content (AvgIpc) is 4.00. The van der Waals surface area contributed by atoms with E-state index in [0.717, 1.165) is 17.0 Å². The van der Waals surface area contributed by atoms with Crippen LogP contribution in [0.4, 0.5) is 11.4 Å². The Morgan fingerprint density at radius 3 is 1.84 bits per heavy atom. The number of amides is 2. The van der Waals surface area contributed by atoms with Gasteiger partial charge in [0.2, 0.25) is 0 Å². The number of carbonyl (C=O) groups is 2. The van der Waals surface area contributed by atoms with E-state index in [1.165, 1.54) is 27.3 Å². The van der Waals surface area contributed by atoms with Crippen LogP contribution in [0.25, 0.3) is 6.08 Å². The molecule has 1 unspecified atom stereocenters. The Bertz CT molecular complexity index is 2230. The summed E-state index contributed by atoms with van der Waals surface area (Å²) in [4.78, 5) is 50.2. The number of anilines is 2. The first kappa shape index (κ1) is 45.9. The zero-order chi connectivity index (χ0) is 41.2. The van der Waals surface area contributed by atoms with Crippen molar-refractivity contribution in [2.75, 3.05) is 28.3 Å². The first-order valence-electron chi connectivity index (χ1n) is 17.7. The van der Waals surface area contributed by atoms with Crippen LogP contribution in [0.1, 0.15) is 70.6 Å². The lowest BCUT2D eigenvalue weighted by Crippen LogP contribution is -2.28. The van der Waals surface area contributed by atoms with E-state index in [9.17, 15) is 9.59 Å². The molecular formula is C43H49IN10O4. The van der Waals surface area contributed by atoms with E-state index >= 15 is 0 Å². The zero-order valence-corrected chi connectivity index (χ0v) is 34.6. The second-order valence-electron chi connectivity index (χ2n) is 12.1. The number of rotatable bonds is 8. The van der Waals surface area contributed by atoms with Crippen LogP contribution in [0.3, 0.4) is 0 Å². The quantitative estimate of drug-likeness (QED) is 0.0527. The molecule has 0 aliphatic carbocycles. The first-order chi connectivity index (χ1) is 27.6. The lowest BCUT2D eigenvalue weighted by molar-refractivity contribution is 0.0857. The van der Waals surface area contributed by atoms with Crippen molar-refractivity contribution in [2.24, 2.45) is 24.4 Å². The van der Waals surface area contributed by atoms with Gasteiger partial charge in [0.05, 0.1) is 36.2 Å². The number of imidazole rings is 2. The summed E-state index contributed by atoms with van der Waals surface area (Å²) in [5, 5.41) is 15.6. The smallest absolute Gasteiger partial charge is 0.276 e. The van der Waals surface area contributed by atoms with Crippen molar-refractivity contribution in [3.05, 3.63) is 163 Å². The minimum atomic E-state index is -0.222. The molecule has 1 aliphatic heterocycles. The van der Waals surface area contributed by atoms with Crippen LogP contribution >= 0.6 is 22.6 Å². The Morgan fingerprint density at radius 2 is 1.36 bits per heavy atom. The molecule has 58 heavy (non-hydrogen) atoms. The van der Waals surface area contributed by atoms with Crippen molar-refractivity contribution in [2.45, 2.75) is 26.9 Å². The van der Waals surface area contributed by atoms with Gasteiger partial charge in [-0.05, 0) is 39.8 Å². The lowest BCUT2D eigenvalue weighted by Gasteiger charge is -2.17. The summed E-state index contributed by atoms with van der Waals surface area (Å²) >= 11 is 2.29. The van der Waals surface area contributed by atoms with Gasteiger partial charge in [0, 0.05) is 47.0 Å². The molecule has 0 saturated carbocycles. The van der Waals surface area contributed by atoms with Crippen LogP contribution in [0, 0.1) is 0 Å². The molecular weight excluding hydrogens is 847 g/mol. The topological polar surface area (TPSA) is 156 Å². The number of hydrogen-bond acceptors (Lipinski definition) is 10. The van der Waals surface area contributed by atoms with Gasteiger partial charge in [-0.15, -0.1) is 0 Å². The summed E-state index contributed by atoms with van der Waals surface area (Å²) in [6.07, 6.45) is 13.1. The number of aromatic nitrogens is 6. The highest BCUT2D eigenvalue weighted by Gasteiger charge is 2.28. The van der Waals surface area contributed by atoms with Crippen LogP contribution in [-0.4, -0.2) is 76.5 Å². The highest BCUT2D eigenvalue weighted by atomic mass is 127. The molecule has 1 N–H and O–H groups in total. The van der Waals surface area contributed by atoms with E-state index in [2.05, 4.69) is 66.3 Å². The number of benzene rings is 2. The van der Waals surface area contributed by atoms with Crippen molar-refractivity contribution in [3.63, 3.8) is 0 Å². The van der Waals surface area contributed by atoms with Gasteiger partial charge in [-0.3, -0.25) is 19.6 Å². The Hall–Kier alpha value is -6.49. The summed E-state index contributed by atoms with van der Waals surface area (Å²) in [5.74, 6) is 0.644. The summed E-state index contributed by atoms with van der Waals surface area (Å²) < 4.78 is 4.53. The molecule has 15 heteroatoms. The maximum absolute atomic E-state index is 12.8. The van der Waals surface area contributed by atoms with E-state index in [-0.39, 0.29) is 25.3 Å². The summed E-state index contributed by atoms with van der Waals surface area (Å²) in [6, 6.07) is 27.1. The Labute approximate surface area is 353 Å². The third-order valence-corrected chi connectivity index (χ3v) is 8.43. The highest BCUT2D eigenvalue weighted by Crippen LogP contribution is 2.29. The SMILES string of the molecule is C.C=Cc1ccccc1.CCI.CN(C(=O)c1cnc(C2=NOC(c3ccccc3)C2)n1C)c1cccnc1.CN(C(=O)c1cnc(C=NO)n1C)c1cccnc1. The third kappa shape index (κ3) is 12.3. The van der Waals surface area contributed by atoms with Crippen molar-refractivity contribution in [1.29, 1.82) is 0 Å². The van der Waals surface area contributed by atoms with Crippen LogP contribution < -0.4 is 9.80 Å². The highest BCUT2D eigenvalue weighted by molar-refractivity contribution is 14.1. The number of carbonyl (C=O) groups excluding carboxylic acids is 2. The molecule has 302 valence electrons. The molecule has 0 saturated heterocycles. The molecule has 5 heterocycles. The maximum Gasteiger partial charge on any atom is 0.276 e. The van der Waals surface area contributed by atoms with Crippen LogP contribution in [0.2, 0.25) is 0 Å². The standard InChI is InChI=1S/C20H19N5O2.C12H13N5O2.C8H8.C2H5I.CH4/c1-24(15-9-6-10-21-12-15)20(26)17-13-22-19(25(17)2)16-11-18(27-23-16)14-7-4-3-5-8-14;1-16(9-4-3-5-13-6-9)12(18)10-7-14-11(8-15-19)17(10)2;1-2-8-6-4-3-5-7-8;1-2-3;/h3-10,12-13,18H,11H2,1-2H3;3-8,19H,1-2H3;2-7H,1H2;2H2,1H3;1H4. The molecule has 6 aromatic rings. The Kier molecular flexibility index (Phi) is 18.6. The van der Waals surface area contributed by atoms with Crippen molar-refractivity contribution >= 4 is 63.8 Å². The number of hydrogen-bond donors (Lipinski definition) is 1.